The molecule has 0 aromatic heterocycles. The number of aliphatic hydroxyl groups excluding tert-OH is 1. The van der Waals surface area contributed by atoms with Crippen LogP contribution in [0.2, 0.25) is 0 Å². The first-order valence-electron chi connectivity index (χ1n) is 24.5. The van der Waals surface area contributed by atoms with Gasteiger partial charge in [-0.05, 0) is 70.6 Å². The molecule has 0 aromatic rings. The minimum Gasteiger partial charge on any atom is -0.391 e. The highest BCUT2D eigenvalue weighted by Gasteiger charge is 2.28. The average molecular weight is 874 g/mol. The van der Waals surface area contributed by atoms with E-state index in [0.29, 0.717) is 23.9 Å². The Morgan fingerprint density at radius 3 is 1.44 bits per heavy atom. The summed E-state index contributed by atoms with van der Waals surface area (Å²) in [4.78, 5) is 23.2. The zero-order valence-electron chi connectivity index (χ0n) is 39.9. The molecule has 0 rings (SSSR count). The molecule has 0 heterocycles. The van der Waals surface area contributed by atoms with Crippen molar-refractivity contribution in [3.63, 3.8) is 0 Å². The molecule has 352 valence electrons. The summed E-state index contributed by atoms with van der Waals surface area (Å²) < 4.78 is 23.6. The molecular weight excluding hydrogens is 780 g/mol. The van der Waals surface area contributed by atoms with Crippen LogP contribution in [0.25, 0.3) is 0 Å². The third-order valence-electron chi connectivity index (χ3n) is 10.4. The smallest absolute Gasteiger partial charge is 0.391 e. The number of quaternary nitrogens is 1. The zero-order chi connectivity index (χ0) is 45.0. The van der Waals surface area contributed by atoms with Crippen molar-refractivity contribution in [1.29, 1.82) is 0 Å². The lowest BCUT2D eigenvalue weighted by Gasteiger charge is -2.26. The Labute approximate surface area is 376 Å². The Bertz CT molecular complexity index is 1260. The standard InChI is InChI=1S/C52H93N2O6P/c1-6-8-10-12-14-16-18-20-21-22-23-24-25-26-27-28-29-30-31-32-33-34-36-38-40-42-44-46-52(56)53-50(49-60-61(57,58)59-48-47-54(3,4)5)51(55)45-43-41-39-37-35-19-17-15-13-11-9-7-2/h8,10,14,16,20-21,23-24,26-27,29-30,32-33,50-51,55H,6-7,9,11-13,15,17-19,22,25,28,31,34-49H2,1-5H3,(H-,53,56,57,58)/p+1/b10-8-,16-14-,21-20-,24-23-,27-26-,30-29-,33-32-. The van der Waals surface area contributed by atoms with E-state index in [-0.39, 0.29) is 19.1 Å². The van der Waals surface area contributed by atoms with E-state index in [0.717, 1.165) is 103 Å². The maximum atomic E-state index is 12.9. The Morgan fingerprint density at radius 1 is 0.574 bits per heavy atom. The van der Waals surface area contributed by atoms with Crippen molar-refractivity contribution in [3.05, 3.63) is 85.1 Å². The van der Waals surface area contributed by atoms with Crippen molar-refractivity contribution >= 4 is 13.7 Å². The summed E-state index contributed by atoms with van der Waals surface area (Å²) >= 11 is 0. The largest absolute Gasteiger partial charge is 0.472 e. The summed E-state index contributed by atoms with van der Waals surface area (Å²) in [6.07, 6.45) is 59.0. The monoisotopic (exact) mass is 874 g/mol. The molecule has 0 spiro atoms. The number of carbonyl (C=O) groups is 1. The van der Waals surface area contributed by atoms with E-state index in [1.165, 1.54) is 57.8 Å². The van der Waals surface area contributed by atoms with E-state index >= 15 is 0 Å². The first-order valence-corrected chi connectivity index (χ1v) is 25.9. The molecule has 0 aliphatic rings. The zero-order valence-corrected chi connectivity index (χ0v) is 40.8. The number of phosphoric acid groups is 1. The van der Waals surface area contributed by atoms with Gasteiger partial charge >= 0.3 is 7.82 Å². The van der Waals surface area contributed by atoms with Gasteiger partial charge < -0.3 is 19.8 Å². The van der Waals surface area contributed by atoms with E-state index < -0.39 is 20.0 Å². The normalized spacial score (nSPS) is 14.9. The van der Waals surface area contributed by atoms with Crippen LogP contribution in [0.4, 0.5) is 0 Å². The lowest BCUT2D eigenvalue weighted by molar-refractivity contribution is -0.870. The Balaban J connectivity index is 4.30. The first kappa shape index (κ1) is 58.7. The van der Waals surface area contributed by atoms with Crippen LogP contribution in [0, 0.1) is 0 Å². The van der Waals surface area contributed by atoms with Crippen molar-refractivity contribution in [1.82, 2.24) is 5.32 Å². The number of phosphoric ester groups is 1. The quantitative estimate of drug-likeness (QED) is 0.0244. The number of aliphatic hydroxyl groups is 1. The number of rotatable bonds is 43. The number of unbranched alkanes of at least 4 members (excludes halogenated alkanes) is 16. The number of carbonyl (C=O) groups excluding carboxylic acids is 1. The average Bonchev–Trinajstić information content (AvgIpc) is 3.21. The second-order valence-electron chi connectivity index (χ2n) is 17.5. The Kier molecular flexibility index (Phi) is 41.3. The molecule has 9 heteroatoms. The molecule has 0 saturated carbocycles. The summed E-state index contributed by atoms with van der Waals surface area (Å²) in [5.41, 5.74) is 0. The molecular formula is C52H94N2O6P+. The van der Waals surface area contributed by atoms with E-state index in [1.54, 1.807) is 0 Å². The molecule has 0 aliphatic heterocycles. The molecule has 0 bridgehead atoms. The van der Waals surface area contributed by atoms with Crippen LogP contribution in [0.1, 0.15) is 187 Å². The van der Waals surface area contributed by atoms with Gasteiger partial charge in [0.1, 0.15) is 13.2 Å². The second kappa shape index (κ2) is 43.0. The van der Waals surface area contributed by atoms with Crippen molar-refractivity contribution in [2.24, 2.45) is 0 Å². The molecule has 3 unspecified atom stereocenters. The minimum absolute atomic E-state index is 0.0658. The van der Waals surface area contributed by atoms with Gasteiger partial charge in [-0.3, -0.25) is 13.8 Å². The predicted molar refractivity (Wildman–Crippen MR) is 263 cm³/mol. The highest BCUT2D eigenvalue weighted by molar-refractivity contribution is 7.47. The predicted octanol–water partition coefficient (Wildman–Crippen LogP) is 14.1. The summed E-state index contributed by atoms with van der Waals surface area (Å²) in [5.74, 6) is -0.168. The summed E-state index contributed by atoms with van der Waals surface area (Å²) in [5, 5.41) is 13.9. The van der Waals surface area contributed by atoms with Crippen LogP contribution in [0.15, 0.2) is 85.1 Å². The Hall–Kier alpha value is -2.32. The molecule has 1 amide bonds. The molecule has 0 aromatic carbocycles. The highest BCUT2D eigenvalue weighted by atomic mass is 31.2. The maximum absolute atomic E-state index is 12.9. The van der Waals surface area contributed by atoms with E-state index in [1.807, 2.05) is 21.1 Å². The maximum Gasteiger partial charge on any atom is 0.472 e. The molecule has 3 N–H and O–H groups in total. The second-order valence-corrected chi connectivity index (χ2v) is 18.9. The number of hydrogen-bond acceptors (Lipinski definition) is 5. The molecule has 0 saturated heterocycles. The van der Waals surface area contributed by atoms with Gasteiger partial charge in [-0.25, -0.2) is 4.57 Å². The van der Waals surface area contributed by atoms with Crippen LogP contribution in [-0.4, -0.2) is 73.4 Å². The van der Waals surface area contributed by atoms with Gasteiger partial charge in [0.15, 0.2) is 0 Å². The Morgan fingerprint density at radius 2 is 0.984 bits per heavy atom. The van der Waals surface area contributed by atoms with Crippen molar-refractivity contribution in [2.75, 3.05) is 40.9 Å². The van der Waals surface area contributed by atoms with Crippen molar-refractivity contribution in [2.45, 2.75) is 199 Å². The fourth-order valence-electron chi connectivity index (χ4n) is 6.55. The third kappa shape index (κ3) is 45.5. The van der Waals surface area contributed by atoms with Gasteiger partial charge in [-0.2, -0.15) is 0 Å². The molecule has 8 nitrogen and oxygen atoms in total. The fourth-order valence-corrected chi connectivity index (χ4v) is 7.29. The number of amides is 1. The highest BCUT2D eigenvalue weighted by Crippen LogP contribution is 2.43. The molecule has 0 fully saturated rings. The SMILES string of the molecule is CC/C=C\C/C=C\C/C=C\C/C=C\C/C=C\C/C=C\C/C=C\CCCCCCCC(=O)NC(COP(=O)(O)OCC[N+](C)(C)C)C(O)CCCCCCCCCCCCCC. The first-order chi connectivity index (χ1) is 29.5. The van der Waals surface area contributed by atoms with Gasteiger partial charge in [-0.1, -0.05) is 195 Å². The van der Waals surface area contributed by atoms with E-state index in [2.05, 4.69) is 104 Å². The van der Waals surface area contributed by atoms with Gasteiger partial charge in [-0.15, -0.1) is 0 Å². The van der Waals surface area contributed by atoms with Crippen LogP contribution in [0.5, 0.6) is 0 Å². The fraction of sp³-hybridized carbons (Fsp3) is 0.712. The lowest BCUT2D eigenvalue weighted by Crippen LogP contribution is -2.46. The van der Waals surface area contributed by atoms with Gasteiger partial charge in [0.2, 0.25) is 5.91 Å². The van der Waals surface area contributed by atoms with Crippen LogP contribution in [0.3, 0.4) is 0 Å². The molecule has 0 radical (unpaired) electrons. The van der Waals surface area contributed by atoms with Crippen molar-refractivity contribution in [3.8, 4) is 0 Å². The van der Waals surface area contributed by atoms with Gasteiger partial charge in [0.25, 0.3) is 0 Å². The summed E-state index contributed by atoms with van der Waals surface area (Å²) in [6.45, 7) is 4.73. The van der Waals surface area contributed by atoms with Crippen LogP contribution >= 0.6 is 7.82 Å². The molecule has 61 heavy (non-hydrogen) atoms. The number of hydrogen-bond donors (Lipinski definition) is 3. The topological polar surface area (TPSA) is 105 Å². The van der Waals surface area contributed by atoms with Crippen molar-refractivity contribution < 1.29 is 32.9 Å². The van der Waals surface area contributed by atoms with E-state index in [4.69, 9.17) is 9.05 Å². The third-order valence-corrected chi connectivity index (χ3v) is 11.4. The van der Waals surface area contributed by atoms with Gasteiger partial charge in [0.05, 0.1) is 39.9 Å². The molecule has 3 atom stereocenters. The number of likely N-dealkylation sites (N-methyl/N-ethyl adjacent to an activating group) is 1. The summed E-state index contributed by atoms with van der Waals surface area (Å²) in [6, 6.07) is -0.776. The number of allylic oxidation sites excluding steroid dienone is 14. The van der Waals surface area contributed by atoms with E-state index in [9.17, 15) is 19.4 Å². The number of nitrogens with zero attached hydrogens (tertiary/aromatic N) is 1. The van der Waals surface area contributed by atoms with Crippen LogP contribution < -0.4 is 5.32 Å². The number of nitrogens with one attached hydrogen (secondary N) is 1. The van der Waals surface area contributed by atoms with Gasteiger partial charge in [0, 0.05) is 6.42 Å². The minimum atomic E-state index is -4.33. The lowest BCUT2D eigenvalue weighted by atomic mass is 10.0. The molecule has 0 aliphatic carbocycles. The summed E-state index contributed by atoms with van der Waals surface area (Å²) in [7, 11) is 1.59. The van der Waals surface area contributed by atoms with Crippen LogP contribution in [-0.2, 0) is 18.4 Å².